The Morgan fingerprint density at radius 2 is 1.70 bits per heavy atom. The van der Waals surface area contributed by atoms with Crippen molar-refractivity contribution < 1.29 is 19.0 Å². The van der Waals surface area contributed by atoms with E-state index in [1.54, 1.807) is 0 Å². The van der Waals surface area contributed by atoms with Gasteiger partial charge in [0.25, 0.3) is 5.91 Å². The van der Waals surface area contributed by atoms with Crippen LogP contribution in [0.5, 0.6) is 11.5 Å². The summed E-state index contributed by atoms with van der Waals surface area (Å²) in [6.07, 6.45) is -0.478. The zero-order chi connectivity index (χ0) is 25.6. The lowest BCUT2D eigenvalue weighted by atomic mass is 9.99. The van der Waals surface area contributed by atoms with Crippen molar-refractivity contribution in [2.75, 3.05) is 39.5 Å². The summed E-state index contributed by atoms with van der Waals surface area (Å²) in [7, 11) is 0. The lowest BCUT2D eigenvalue weighted by Crippen LogP contribution is -2.51. The van der Waals surface area contributed by atoms with Crippen LogP contribution in [0.2, 0.25) is 0 Å². The molecule has 1 amide bonds. The molecule has 5 rings (SSSR count). The third-order valence-corrected chi connectivity index (χ3v) is 6.80. The molecule has 1 fully saturated rings. The summed E-state index contributed by atoms with van der Waals surface area (Å²) in [5, 5.41) is 0. The molecule has 0 bridgehead atoms. The zero-order valence-corrected chi connectivity index (χ0v) is 21.8. The van der Waals surface area contributed by atoms with E-state index in [4.69, 9.17) is 14.2 Å². The van der Waals surface area contributed by atoms with Crippen LogP contribution in [0.1, 0.15) is 25.0 Å². The quantitative estimate of drug-likeness (QED) is 0.435. The van der Waals surface area contributed by atoms with Gasteiger partial charge >= 0.3 is 0 Å². The molecular weight excluding hydrogens is 464 g/mol. The molecule has 2 aliphatic heterocycles. The summed E-state index contributed by atoms with van der Waals surface area (Å²) in [5.74, 6) is 1.90. The first kappa shape index (κ1) is 25.3. The molecule has 6 heteroatoms. The maximum absolute atomic E-state index is 13.7. The molecule has 1 saturated heterocycles. The first-order chi connectivity index (χ1) is 18.1. The van der Waals surface area contributed by atoms with Crippen LogP contribution in [0.25, 0.3) is 11.1 Å². The largest absolute Gasteiger partial charge is 0.486 e. The summed E-state index contributed by atoms with van der Waals surface area (Å²) in [5.41, 5.74) is 4.74. The van der Waals surface area contributed by atoms with Crippen molar-refractivity contribution in [1.29, 1.82) is 0 Å². The second kappa shape index (κ2) is 11.8. The number of nitrogens with zero attached hydrogens (tertiary/aromatic N) is 2. The minimum atomic E-state index is -0.478. The Labute approximate surface area is 219 Å². The standard InChI is InChI=1S/C31H36N2O4/c1-23(2)19-33(20-24-12-13-28-29(18-24)37-17-16-36-28)31(34)30-22-32(14-15-35-30)21-26-10-6-7-11-27(26)25-8-4-3-5-9-25/h3-13,18,23,30H,14-17,19-22H2,1-2H3. The second-order valence-corrected chi connectivity index (χ2v) is 10.2. The molecule has 2 aliphatic rings. The van der Waals surface area contributed by atoms with Gasteiger partial charge in [-0.1, -0.05) is 74.5 Å². The molecule has 194 valence electrons. The number of fused-ring (bicyclic) bond motifs is 1. The van der Waals surface area contributed by atoms with E-state index in [0.717, 1.165) is 30.2 Å². The number of ether oxygens (including phenoxy) is 3. The number of carbonyl (C=O) groups is 1. The Bertz CT molecular complexity index is 1200. The molecule has 0 aromatic heterocycles. The van der Waals surface area contributed by atoms with Crippen LogP contribution in [-0.2, 0) is 22.6 Å². The molecule has 0 aliphatic carbocycles. The fourth-order valence-electron chi connectivity index (χ4n) is 5.08. The number of amides is 1. The monoisotopic (exact) mass is 500 g/mol. The summed E-state index contributed by atoms with van der Waals surface area (Å²) >= 11 is 0. The van der Waals surface area contributed by atoms with Crippen molar-refractivity contribution >= 4 is 5.91 Å². The van der Waals surface area contributed by atoms with Gasteiger partial charge in [-0.15, -0.1) is 0 Å². The Morgan fingerprint density at radius 3 is 2.51 bits per heavy atom. The highest BCUT2D eigenvalue weighted by atomic mass is 16.6. The highest BCUT2D eigenvalue weighted by Gasteiger charge is 2.31. The lowest BCUT2D eigenvalue weighted by molar-refractivity contribution is -0.151. The molecule has 0 saturated carbocycles. The fourth-order valence-corrected chi connectivity index (χ4v) is 5.08. The van der Waals surface area contributed by atoms with E-state index in [2.05, 4.69) is 67.3 Å². The summed E-state index contributed by atoms with van der Waals surface area (Å²) in [6, 6.07) is 24.9. The molecule has 6 nitrogen and oxygen atoms in total. The number of benzene rings is 3. The van der Waals surface area contributed by atoms with E-state index in [1.165, 1.54) is 16.7 Å². The Balaban J connectivity index is 1.28. The van der Waals surface area contributed by atoms with E-state index >= 15 is 0 Å². The van der Waals surface area contributed by atoms with Gasteiger partial charge in [0.2, 0.25) is 0 Å². The molecule has 1 unspecified atom stereocenters. The molecule has 2 heterocycles. The maximum Gasteiger partial charge on any atom is 0.253 e. The van der Waals surface area contributed by atoms with E-state index < -0.39 is 6.10 Å². The molecule has 1 atom stereocenters. The van der Waals surface area contributed by atoms with Crippen LogP contribution in [0.15, 0.2) is 72.8 Å². The van der Waals surface area contributed by atoms with Gasteiger partial charge in [0, 0.05) is 32.7 Å². The van der Waals surface area contributed by atoms with E-state index in [9.17, 15) is 4.79 Å². The van der Waals surface area contributed by atoms with Gasteiger partial charge in [0.1, 0.15) is 19.3 Å². The van der Waals surface area contributed by atoms with Crippen LogP contribution >= 0.6 is 0 Å². The number of carbonyl (C=O) groups excluding carboxylic acids is 1. The number of rotatable bonds is 8. The van der Waals surface area contributed by atoms with E-state index in [0.29, 0.717) is 45.4 Å². The van der Waals surface area contributed by atoms with Crippen LogP contribution in [0.3, 0.4) is 0 Å². The van der Waals surface area contributed by atoms with E-state index in [1.807, 2.05) is 29.2 Å². The molecule has 3 aromatic carbocycles. The first-order valence-electron chi connectivity index (χ1n) is 13.2. The van der Waals surface area contributed by atoms with Gasteiger partial charge in [0.15, 0.2) is 11.5 Å². The van der Waals surface area contributed by atoms with E-state index in [-0.39, 0.29) is 5.91 Å². The summed E-state index contributed by atoms with van der Waals surface area (Å²) < 4.78 is 17.4. The van der Waals surface area contributed by atoms with Gasteiger partial charge in [0.05, 0.1) is 6.61 Å². The molecular formula is C31H36N2O4. The maximum atomic E-state index is 13.7. The SMILES string of the molecule is CC(C)CN(Cc1ccc2c(c1)OCCO2)C(=O)C1CN(Cc2ccccc2-c2ccccc2)CCO1. The fraction of sp³-hybridized carbons (Fsp3) is 0.387. The second-order valence-electron chi connectivity index (χ2n) is 10.2. The Morgan fingerprint density at radius 1 is 0.946 bits per heavy atom. The normalized spacial score (nSPS) is 17.5. The highest BCUT2D eigenvalue weighted by Crippen LogP contribution is 2.31. The van der Waals surface area contributed by atoms with Crippen LogP contribution in [0, 0.1) is 5.92 Å². The van der Waals surface area contributed by atoms with Crippen molar-refractivity contribution in [3.05, 3.63) is 83.9 Å². The van der Waals surface area contributed by atoms with Crippen molar-refractivity contribution in [3.8, 4) is 22.6 Å². The molecule has 0 radical (unpaired) electrons. The Kier molecular flexibility index (Phi) is 8.07. The van der Waals surface area contributed by atoms with Gasteiger partial charge in [-0.25, -0.2) is 0 Å². The number of hydrogen-bond acceptors (Lipinski definition) is 5. The van der Waals surface area contributed by atoms with Crippen molar-refractivity contribution in [1.82, 2.24) is 9.80 Å². The minimum Gasteiger partial charge on any atom is -0.486 e. The van der Waals surface area contributed by atoms with Crippen LogP contribution in [0.4, 0.5) is 0 Å². The van der Waals surface area contributed by atoms with Gasteiger partial charge in [-0.3, -0.25) is 9.69 Å². The summed E-state index contributed by atoms with van der Waals surface area (Å²) in [6.45, 7) is 9.29. The number of hydrogen-bond donors (Lipinski definition) is 0. The van der Waals surface area contributed by atoms with Gasteiger partial charge in [-0.05, 0) is 40.3 Å². The minimum absolute atomic E-state index is 0.0460. The van der Waals surface area contributed by atoms with Crippen molar-refractivity contribution in [2.45, 2.75) is 33.0 Å². The van der Waals surface area contributed by atoms with Gasteiger partial charge < -0.3 is 19.1 Å². The van der Waals surface area contributed by atoms with Gasteiger partial charge in [-0.2, -0.15) is 0 Å². The Hall–Kier alpha value is -3.35. The highest BCUT2D eigenvalue weighted by molar-refractivity contribution is 5.81. The predicted molar refractivity (Wildman–Crippen MR) is 145 cm³/mol. The smallest absolute Gasteiger partial charge is 0.253 e. The van der Waals surface area contributed by atoms with Crippen molar-refractivity contribution in [2.24, 2.45) is 5.92 Å². The molecule has 3 aromatic rings. The topological polar surface area (TPSA) is 51.2 Å². The number of morpholine rings is 1. The zero-order valence-electron chi connectivity index (χ0n) is 21.8. The molecule has 0 spiro atoms. The predicted octanol–water partition coefficient (Wildman–Crippen LogP) is 5.01. The molecule has 0 N–H and O–H groups in total. The third-order valence-electron chi connectivity index (χ3n) is 6.80. The average molecular weight is 501 g/mol. The molecule has 37 heavy (non-hydrogen) atoms. The lowest BCUT2D eigenvalue weighted by Gasteiger charge is -2.36. The first-order valence-corrected chi connectivity index (χ1v) is 13.2. The van der Waals surface area contributed by atoms with Crippen LogP contribution < -0.4 is 9.47 Å². The van der Waals surface area contributed by atoms with Crippen molar-refractivity contribution in [3.63, 3.8) is 0 Å². The summed E-state index contributed by atoms with van der Waals surface area (Å²) in [4.78, 5) is 18.0. The van der Waals surface area contributed by atoms with Crippen LogP contribution in [-0.4, -0.2) is 61.3 Å². The average Bonchev–Trinajstić information content (AvgIpc) is 2.93. The third kappa shape index (κ3) is 6.32.